The number of nitro groups is 2. The highest BCUT2D eigenvalue weighted by Crippen LogP contribution is 2.41. The number of nitrogens with one attached hydrogen (secondary N) is 1. The number of hydrogen-bond donors (Lipinski definition) is 1. The van der Waals surface area contributed by atoms with E-state index in [-0.39, 0.29) is 24.3 Å². The quantitative estimate of drug-likeness (QED) is 0.383. The van der Waals surface area contributed by atoms with Crippen molar-refractivity contribution in [1.29, 1.82) is 5.26 Å². The summed E-state index contributed by atoms with van der Waals surface area (Å²) in [5.74, 6) is 0.445. The van der Waals surface area contributed by atoms with Gasteiger partial charge in [-0.2, -0.15) is 23.5 Å². The topological polar surface area (TPSA) is 144 Å². The number of hydrogen-bond acceptors (Lipinski definition) is 8. The number of alkyl halides is 3. The lowest BCUT2D eigenvalue weighted by molar-refractivity contribution is -0.392. The lowest BCUT2D eigenvalue weighted by Crippen LogP contribution is -2.10. The number of halogens is 3. The van der Waals surface area contributed by atoms with Crippen LogP contribution in [-0.2, 0) is 12.6 Å². The number of nitro benzene ring substituents is 2. The first-order valence-electron chi connectivity index (χ1n) is 8.38. The Bertz CT molecular complexity index is 1070. The number of benzene rings is 2. The molecular formula is C18H14F3N5O5. The normalized spacial score (nSPS) is 11.5. The van der Waals surface area contributed by atoms with Crippen LogP contribution in [0.2, 0.25) is 0 Å². The van der Waals surface area contributed by atoms with Gasteiger partial charge in [-0.15, -0.1) is 0 Å². The average molecular weight is 437 g/mol. The van der Waals surface area contributed by atoms with E-state index in [9.17, 15) is 33.4 Å². The minimum absolute atomic E-state index is 0.0214. The Morgan fingerprint density at radius 2 is 1.77 bits per heavy atom. The molecule has 0 saturated heterocycles. The van der Waals surface area contributed by atoms with Crippen LogP contribution >= 0.6 is 0 Å². The van der Waals surface area contributed by atoms with Gasteiger partial charge >= 0.3 is 17.6 Å². The van der Waals surface area contributed by atoms with Crippen LogP contribution in [0.4, 0.5) is 30.2 Å². The zero-order valence-corrected chi connectivity index (χ0v) is 16.1. The molecule has 0 unspecified atom stereocenters. The highest BCUT2D eigenvalue weighted by molar-refractivity contribution is 5.99. The molecule has 0 bridgehead atoms. The van der Waals surface area contributed by atoms with Gasteiger partial charge in [-0.3, -0.25) is 25.7 Å². The van der Waals surface area contributed by atoms with Crippen molar-refractivity contribution in [3.63, 3.8) is 0 Å². The molecule has 0 amide bonds. The number of hydrazone groups is 1. The Morgan fingerprint density at radius 3 is 2.23 bits per heavy atom. The van der Waals surface area contributed by atoms with Crippen LogP contribution in [-0.4, -0.2) is 22.7 Å². The van der Waals surface area contributed by atoms with E-state index in [2.05, 4.69) is 10.5 Å². The summed E-state index contributed by atoms with van der Waals surface area (Å²) in [4.78, 5) is 20.2. The number of nitrogens with zero attached hydrogens (tertiary/aromatic N) is 4. The predicted octanol–water partition coefficient (Wildman–Crippen LogP) is 4.43. The predicted molar refractivity (Wildman–Crippen MR) is 103 cm³/mol. The average Bonchev–Trinajstić information content (AvgIpc) is 2.70. The monoisotopic (exact) mass is 437 g/mol. The van der Waals surface area contributed by atoms with Gasteiger partial charge < -0.3 is 4.74 Å². The van der Waals surface area contributed by atoms with E-state index >= 15 is 0 Å². The zero-order chi connectivity index (χ0) is 23.3. The van der Waals surface area contributed by atoms with Crippen molar-refractivity contribution in [3.8, 4) is 11.8 Å². The van der Waals surface area contributed by atoms with E-state index in [1.165, 1.54) is 14.0 Å². The fourth-order valence-corrected chi connectivity index (χ4v) is 2.61. The van der Waals surface area contributed by atoms with E-state index in [1.807, 2.05) is 6.07 Å². The van der Waals surface area contributed by atoms with Crippen LogP contribution in [0.25, 0.3) is 0 Å². The fraction of sp³-hybridized carbons (Fsp3) is 0.222. The van der Waals surface area contributed by atoms with Crippen LogP contribution in [0.3, 0.4) is 0 Å². The van der Waals surface area contributed by atoms with Gasteiger partial charge in [0.15, 0.2) is 0 Å². The minimum Gasteiger partial charge on any atom is -0.496 e. The van der Waals surface area contributed by atoms with Gasteiger partial charge in [0.25, 0.3) is 0 Å². The van der Waals surface area contributed by atoms with Gasteiger partial charge in [-0.05, 0) is 30.7 Å². The molecule has 2 aromatic carbocycles. The molecule has 13 heteroatoms. The molecule has 2 aromatic rings. The summed E-state index contributed by atoms with van der Waals surface area (Å²) < 4.78 is 44.1. The van der Waals surface area contributed by atoms with Crippen molar-refractivity contribution in [2.75, 3.05) is 12.5 Å². The third-order valence-corrected chi connectivity index (χ3v) is 4.12. The molecule has 0 radical (unpaired) electrons. The third kappa shape index (κ3) is 5.24. The van der Waals surface area contributed by atoms with Gasteiger partial charge in [0.05, 0.1) is 40.7 Å². The lowest BCUT2D eigenvalue weighted by Gasteiger charge is -2.11. The molecule has 0 atom stereocenters. The van der Waals surface area contributed by atoms with Crippen LogP contribution in [0.5, 0.6) is 5.75 Å². The van der Waals surface area contributed by atoms with Crippen molar-refractivity contribution >= 4 is 22.8 Å². The maximum Gasteiger partial charge on any atom is 0.416 e. The van der Waals surface area contributed by atoms with E-state index in [4.69, 9.17) is 10.00 Å². The fourth-order valence-electron chi connectivity index (χ4n) is 2.61. The summed E-state index contributed by atoms with van der Waals surface area (Å²) in [6.07, 6.45) is -5.00. The molecule has 0 heterocycles. The molecule has 0 fully saturated rings. The summed E-state index contributed by atoms with van der Waals surface area (Å²) in [7, 11) is 1.42. The maximum absolute atomic E-state index is 13.0. The Labute approximate surface area is 172 Å². The third-order valence-electron chi connectivity index (χ3n) is 4.12. The summed E-state index contributed by atoms with van der Waals surface area (Å²) in [5.41, 5.74) is -1.31. The molecule has 0 aliphatic rings. The zero-order valence-electron chi connectivity index (χ0n) is 16.1. The Hall–Kier alpha value is -4.21. The van der Waals surface area contributed by atoms with Crippen molar-refractivity contribution in [3.05, 3.63) is 67.3 Å². The number of nitriles is 1. The number of anilines is 1. The molecule has 0 spiro atoms. The molecule has 10 nitrogen and oxygen atoms in total. The van der Waals surface area contributed by atoms with Crippen molar-refractivity contribution in [2.45, 2.75) is 19.5 Å². The van der Waals surface area contributed by atoms with Crippen LogP contribution in [0.1, 0.15) is 23.6 Å². The number of rotatable bonds is 7. The summed E-state index contributed by atoms with van der Waals surface area (Å²) in [5, 5.41) is 35.3. The summed E-state index contributed by atoms with van der Waals surface area (Å²) in [6.45, 7) is 1.46. The Kier molecular flexibility index (Phi) is 6.75. The van der Waals surface area contributed by atoms with E-state index in [0.29, 0.717) is 16.9 Å². The van der Waals surface area contributed by atoms with Crippen LogP contribution in [0, 0.1) is 31.6 Å². The Balaban J connectivity index is 2.54. The molecule has 1 N–H and O–H groups in total. The minimum atomic E-state index is -5.02. The highest BCUT2D eigenvalue weighted by Gasteiger charge is 2.37. The standard InChI is InChI=1S/C18H14F3N5O5/c1-10(11-3-4-16(31-2)12(7-11)5-6-22)23-24-17-14(25(27)28)8-13(18(19,20)21)9-15(17)26(29)30/h3-4,7-9,24H,5H2,1-2H3. The van der Waals surface area contributed by atoms with Crippen LogP contribution < -0.4 is 10.2 Å². The Morgan fingerprint density at radius 1 is 1.19 bits per heavy atom. The molecule has 0 aromatic heterocycles. The first-order chi connectivity index (χ1) is 14.5. The lowest BCUT2D eigenvalue weighted by atomic mass is 10.0. The van der Waals surface area contributed by atoms with E-state index in [0.717, 1.165) is 0 Å². The van der Waals surface area contributed by atoms with Crippen LogP contribution in [0.15, 0.2) is 35.4 Å². The van der Waals surface area contributed by atoms with Gasteiger partial charge in [0.2, 0.25) is 5.69 Å². The SMILES string of the molecule is COc1ccc(C(C)=NNc2c([N+](=O)[O-])cc(C(F)(F)F)cc2[N+](=O)[O-])cc1CC#N. The van der Waals surface area contributed by atoms with E-state index in [1.54, 1.807) is 18.2 Å². The molecule has 162 valence electrons. The molecule has 2 rings (SSSR count). The maximum atomic E-state index is 13.0. The number of methoxy groups -OCH3 is 1. The molecular weight excluding hydrogens is 423 g/mol. The first kappa shape index (κ1) is 23.1. The highest BCUT2D eigenvalue weighted by atomic mass is 19.4. The van der Waals surface area contributed by atoms with Gasteiger partial charge in [-0.25, -0.2) is 0 Å². The largest absolute Gasteiger partial charge is 0.496 e. The second-order valence-corrected chi connectivity index (χ2v) is 6.07. The summed E-state index contributed by atoms with van der Waals surface area (Å²) >= 11 is 0. The second-order valence-electron chi connectivity index (χ2n) is 6.07. The van der Waals surface area contributed by atoms with Gasteiger partial charge in [0.1, 0.15) is 5.75 Å². The summed E-state index contributed by atoms with van der Waals surface area (Å²) in [6, 6.07) is 7.04. The van der Waals surface area contributed by atoms with Gasteiger partial charge in [0, 0.05) is 17.7 Å². The molecule has 0 aliphatic heterocycles. The van der Waals surface area contributed by atoms with Crippen molar-refractivity contribution in [2.24, 2.45) is 5.10 Å². The first-order valence-corrected chi connectivity index (χ1v) is 8.38. The molecule has 0 saturated carbocycles. The van der Waals surface area contributed by atoms with E-state index < -0.39 is 38.6 Å². The second kappa shape index (κ2) is 9.08. The number of ether oxygens (including phenoxy) is 1. The molecule has 31 heavy (non-hydrogen) atoms. The molecule has 0 aliphatic carbocycles. The van der Waals surface area contributed by atoms with Crippen molar-refractivity contribution < 1.29 is 27.8 Å². The van der Waals surface area contributed by atoms with Gasteiger partial charge in [-0.1, -0.05) is 0 Å². The van der Waals surface area contributed by atoms with Crippen molar-refractivity contribution in [1.82, 2.24) is 0 Å². The smallest absolute Gasteiger partial charge is 0.416 e.